The van der Waals surface area contributed by atoms with Crippen LogP contribution in [0.15, 0.2) is 24.3 Å². The van der Waals surface area contributed by atoms with Crippen LogP contribution in [0.1, 0.15) is 0 Å². The molecule has 1 aromatic rings. The van der Waals surface area contributed by atoms with Crippen molar-refractivity contribution in [3.63, 3.8) is 0 Å². The zero-order valence-electron chi connectivity index (χ0n) is 7.40. The van der Waals surface area contributed by atoms with E-state index in [1.54, 1.807) is 24.3 Å². The SMILES string of the molecule is NC(CS)C(=O)Nc1ccc(Cl)cc1. The first-order valence-electron chi connectivity index (χ1n) is 4.06. The lowest BCUT2D eigenvalue weighted by Crippen LogP contribution is -2.37. The maximum atomic E-state index is 11.3. The molecule has 0 saturated heterocycles. The van der Waals surface area contributed by atoms with Gasteiger partial charge in [-0.05, 0) is 24.3 Å². The summed E-state index contributed by atoms with van der Waals surface area (Å²) in [6.45, 7) is 0. The molecule has 0 aliphatic heterocycles. The number of thiol groups is 1. The van der Waals surface area contributed by atoms with Crippen LogP contribution in [0.3, 0.4) is 0 Å². The second-order valence-corrected chi connectivity index (χ2v) is 3.59. The fraction of sp³-hybridized carbons (Fsp3) is 0.222. The summed E-state index contributed by atoms with van der Waals surface area (Å²) in [6.07, 6.45) is 0. The van der Waals surface area contributed by atoms with Crippen LogP contribution in [0.5, 0.6) is 0 Å². The van der Waals surface area contributed by atoms with Crippen LogP contribution in [0.2, 0.25) is 5.02 Å². The minimum Gasteiger partial charge on any atom is -0.325 e. The van der Waals surface area contributed by atoms with Gasteiger partial charge in [0.15, 0.2) is 0 Å². The molecule has 1 atom stereocenters. The molecule has 3 N–H and O–H groups in total. The molecule has 1 amide bonds. The number of halogens is 1. The van der Waals surface area contributed by atoms with E-state index in [1.165, 1.54) is 0 Å². The summed E-state index contributed by atoms with van der Waals surface area (Å²) < 4.78 is 0. The Kier molecular flexibility index (Phi) is 4.25. The first-order valence-corrected chi connectivity index (χ1v) is 5.07. The smallest absolute Gasteiger partial charge is 0.242 e. The maximum Gasteiger partial charge on any atom is 0.242 e. The van der Waals surface area contributed by atoms with Gasteiger partial charge in [-0.3, -0.25) is 4.79 Å². The molecule has 0 heterocycles. The van der Waals surface area contributed by atoms with Crippen LogP contribution in [0, 0.1) is 0 Å². The van der Waals surface area contributed by atoms with Crippen LogP contribution >= 0.6 is 24.2 Å². The molecule has 0 saturated carbocycles. The zero-order chi connectivity index (χ0) is 10.6. The quantitative estimate of drug-likeness (QED) is 0.690. The third-order valence-corrected chi connectivity index (χ3v) is 2.29. The fourth-order valence-electron chi connectivity index (χ4n) is 0.851. The Hall–Kier alpha value is -0.710. The highest BCUT2D eigenvalue weighted by molar-refractivity contribution is 7.80. The largest absolute Gasteiger partial charge is 0.325 e. The first kappa shape index (κ1) is 11.4. The van der Waals surface area contributed by atoms with Crippen molar-refractivity contribution in [3.8, 4) is 0 Å². The van der Waals surface area contributed by atoms with Gasteiger partial charge in [0.1, 0.15) is 0 Å². The van der Waals surface area contributed by atoms with Gasteiger partial charge in [-0.25, -0.2) is 0 Å². The normalized spacial score (nSPS) is 12.2. The van der Waals surface area contributed by atoms with E-state index in [-0.39, 0.29) is 5.91 Å². The number of carbonyl (C=O) groups is 1. The molecule has 1 rings (SSSR count). The van der Waals surface area contributed by atoms with Gasteiger partial charge in [0.25, 0.3) is 0 Å². The standard InChI is InChI=1S/C9H11ClN2OS/c10-6-1-3-7(4-2-6)12-9(13)8(11)5-14/h1-4,8,14H,5,11H2,(H,12,13). The van der Waals surface area contributed by atoms with E-state index in [9.17, 15) is 4.79 Å². The van der Waals surface area contributed by atoms with Crippen LogP contribution in [0.25, 0.3) is 0 Å². The van der Waals surface area contributed by atoms with Gasteiger partial charge in [0.2, 0.25) is 5.91 Å². The summed E-state index contributed by atoms with van der Waals surface area (Å²) in [6, 6.07) is 6.23. The van der Waals surface area contributed by atoms with Gasteiger partial charge < -0.3 is 11.1 Å². The molecule has 1 unspecified atom stereocenters. The molecule has 3 nitrogen and oxygen atoms in total. The van der Waals surface area contributed by atoms with E-state index in [4.69, 9.17) is 17.3 Å². The predicted octanol–water partition coefficient (Wildman–Crippen LogP) is 1.54. The average Bonchev–Trinajstić information content (AvgIpc) is 2.20. The van der Waals surface area contributed by atoms with Crippen LogP contribution < -0.4 is 11.1 Å². The number of amides is 1. The van der Waals surface area contributed by atoms with Crippen molar-refractivity contribution in [3.05, 3.63) is 29.3 Å². The van der Waals surface area contributed by atoms with E-state index in [0.29, 0.717) is 16.5 Å². The lowest BCUT2D eigenvalue weighted by Gasteiger charge is -2.09. The lowest BCUT2D eigenvalue weighted by atomic mass is 10.3. The topological polar surface area (TPSA) is 55.1 Å². The van der Waals surface area contributed by atoms with Gasteiger partial charge in [0.05, 0.1) is 6.04 Å². The number of anilines is 1. The van der Waals surface area contributed by atoms with Crippen molar-refractivity contribution < 1.29 is 4.79 Å². The van der Waals surface area contributed by atoms with Crippen LogP contribution in [-0.4, -0.2) is 17.7 Å². The molecule has 5 heteroatoms. The third kappa shape index (κ3) is 3.21. The number of nitrogens with two attached hydrogens (primary N) is 1. The molecule has 0 spiro atoms. The van der Waals surface area contributed by atoms with Crippen molar-refractivity contribution >= 4 is 35.8 Å². The van der Waals surface area contributed by atoms with Crippen LogP contribution in [0.4, 0.5) is 5.69 Å². The van der Waals surface area contributed by atoms with Gasteiger partial charge in [0, 0.05) is 16.5 Å². The molecular formula is C9H11ClN2OS. The number of carbonyl (C=O) groups excluding carboxylic acids is 1. The minimum atomic E-state index is -0.589. The maximum absolute atomic E-state index is 11.3. The van der Waals surface area contributed by atoms with E-state index < -0.39 is 6.04 Å². The summed E-state index contributed by atoms with van der Waals surface area (Å²) >= 11 is 9.62. The summed E-state index contributed by atoms with van der Waals surface area (Å²) in [5, 5.41) is 3.27. The Morgan fingerprint density at radius 3 is 2.57 bits per heavy atom. The van der Waals surface area contributed by atoms with Gasteiger partial charge >= 0.3 is 0 Å². The Balaban J connectivity index is 2.60. The van der Waals surface area contributed by atoms with Crippen molar-refractivity contribution in [1.29, 1.82) is 0 Å². The number of rotatable bonds is 3. The summed E-state index contributed by atoms with van der Waals surface area (Å²) in [5.41, 5.74) is 6.16. The molecule has 0 aromatic heterocycles. The minimum absolute atomic E-state index is 0.248. The molecule has 0 fully saturated rings. The second-order valence-electron chi connectivity index (χ2n) is 2.79. The Labute approximate surface area is 93.0 Å². The number of nitrogens with one attached hydrogen (secondary N) is 1. The zero-order valence-corrected chi connectivity index (χ0v) is 9.05. The molecule has 0 radical (unpaired) electrons. The molecule has 1 aromatic carbocycles. The summed E-state index contributed by atoms with van der Waals surface area (Å²) in [5.74, 6) is 0.0710. The Morgan fingerprint density at radius 1 is 1.50 bits per heavy atom. The van der Waals surface area contributed by atoms with Gasteiger partial charge in [-0.2, -0.15) is 12.6 Å². The lowest BCUT2D eigenvalue weighted by molar-refractivity contribution is -0.116. The van der Waals surface area contributed by atoms with E-state index in [2.05, 4.69) is 17.9 Å². The van der Waals surface area contributed by atoms with E-state index >= 15 is 0 Å². The summed E-state index contributed by atoms with van der Waals surface area (Å²) in [4.78, 5) is 11.3. The highest BCUT2D eigenvalue weighted by atomic mass is 35.5. The van der Waals surface area contributed by atoms with Crippen LogP contribution in [-0.2, 0) is 4.79 Å². The highest BCUT2D eigenvalue weighted by Gasteiger charge is 2.10. The number of benzene rings is 1. The average molecular weight is 231 g/mol. The highest BCUT2D eigenvalue weighted by Crippen LogP contribution is 2.13. The Morgan fingerprint density at radius 2 is 2.07 bits per heavy atom. The van der Waals surface area contributed by atoms with E-state index in [0.717, 1.165) is 0 Å². The first-order chi connectivity index (χ1) is 6.63. The van der Waals surface area contributed by atoms with Crippen molar-refractivity contribution in [1.82, 2.24) is 0 Å². The summed E-state index contributed by atoms with van der Waals surface area (Å²) in [7, 11) is 0. The van der Waals surface area contributed by atoms with Crippen molar-refractivity contribution in [2.24, 2.45) is 5.73 Å². The molecule has 0 bridgehead atoms. The molecule has 76 valence electrons. The fourth-order valence-corrected chi connectivity index (χ4v) is 1.14. The Bertz CT molecular complexity index is 315. The number of hydrogen-bond acceptors (Lipinski definition) is 3. The molecule has 0 aliphatic rings. The molecular weight excluding hydrogens is 220 g/mol. The molecule has 14 heavy (non-hydrogen) atoms. The predicted molar refractivity (Wildman–Crippen MR) is 61.9 cm³/mol. The monoisotopic (exact) mass is 230 g/mol. The van der Waals surface area contributed by atoms with Crippen molar-refractivity contribution in [2.45, 2.75) is 6.04 Å². The molecule has 0 aliphatic carbocycles. The second kappa shape index (κ2) is 5.24. The van der Waals surface area contributed by atoms with Crippen molar-refractivity contribution in [2.75, 3.05) is 11.1 Å². The van der Waals surface area contributed by atoms with Gasteiger partial charge in [-0.15, -0.1) is 0 Å². The van der Waals surface area contributed by atoms with E-state index in [1.807, 2.05) is 0 Å². The van der Waals surface area contributed by atoms with Gasteiger partial charge in [-0.1, -0.05) is 11.6 Å². The third-order valence-electron chi connectivity index (χ3n) is 1.65. The number of hydrogen-bond donors (Lipinski definition) is 3.